The van der Waals surface area contributed by atoms with Crippen LogP contribution in [0.1, 0.15) is 19.3 Å². The van der Waals surface area contributed by atoms with Crippen molar-refractivity contribution in [3.63, 3.8) is 0 Å². The van der Waals surface area contributed by atoms with E-state index in [-0.39, 0.29) is 17.9 Å². The molecule has 2 amide bonds. The summed E-state index contributed by atoms with van der Waals surface area (Å²) >= 11 is 1.68. The molecule has 0 radical (unpaired) electrons. The zero-order chi connectivity index (χ0) is 13.7. The van der Waals surface area contributed by atoms with E-state index in [9.17, 15) is 9.59 Å². The van der Waals surface area contributed by atoms with E-state index < -0.39 is 6.04 Å². The Morgan fingerprint density at radius 1 is 1.50 bits per heavy atom. The first kappa shape index (κ1) is 15.3. The fourth-order valence-electron chi connectivity index (χ4n) is 2.17. The van der Waals surface area contributed by atoms with Gasteiger partial charge in [0.15, 0.2) is 0 Å². The average molecular weight is 273 g/mol. The third-order valence-corrected chi connectivity index (χ3v) is 3.86. The molecule has 1 aliphatic heterocycles. The lowest BCUT2D eigenvalue weighted by molar-refractivity contribution is -0.143. The predicted molar refractivity (Wildman–Crippen MR) is 74.4 cm³/mol. The van der Waals surface area contributed by atoms with Crippen molar-refractivity contribution in [3.05, 3.63) is 0 Å². The van der Waals surface area contributed by atoms with Crippen LogP contribution in [-0.2, 0) is 9.59 Å². The van der Waals surface area contributed by atoms with E-state index in [1.807, 2.05) is 6.26 Å². The van der Waals surface area contributed by atoms with Crippen LogP contribution in [0.4, 0.5) is 0 Å². The number of carbonyl (C=O) groups excluding carboxylic acids is 2. The Labute approximate surface area is 113 Å². The standard InChI is InChI=1S/C12H23N3O2S/c1-14(2)12(17)10-5-4-7-15(10)11(16)9(13)6-8-18-3/h9-10H,4-8,13H2,1-3H3/t9-,10?/m0/s1. The van der Waals surface area contributed by atoms with Crippen molar-refractivity contribution in [1.82, 2.24) is 9.80 Å². The molecule has 104 valence electrons. The van der Waals surface area contributed by atoms with Gasteiger partial charge in [-0.05, 0) is 31.3 Å². The maximum Gasteiger partial charge on any atom is 0.244 e. The van der Waals surface area contributed by atoms with Crippen LogP contribution in [-0.4, -0.2) is 66.3 Å². The second kappa shape index (κ2) is 6.99. The predicted octanol–water partition coefficient (Wildman–Crippen LogP) is 0.146. The maximum atomic E-state index is 12.2. The Bertz CT molecular complexity index is 310. The molecule has 5 nitrogen and oxygen atoms in total. The minimum Gasteiger partial charge on any atom is -0.347 e. The first-order valence-electron chi connectivity index (χ1n) is 6.25. The number of hydrogen-bond acceptors (Lipinski definition) is 4. The van der Waals surface area contributed by atoms with E-state index in [4.69, 9.17) is 5.73 Å². The van der Waals surface area contributed by atoms with Crippen molar-refractivity contribution in [3.8, 4) is 0 Å². The van der Waals surface area contributed by atoms with Gasteiger partial charge in [0.25, 0.3) is 0 Å². The highest BCUT2D eigenvalue weighted by atomic mass is 32.2. The molecule has 1 fully saturated rings. The Balaban J connectivity index is 2.63. The van der Waals surface area contributed by atoms with Crippen LogP contribution in [0.25, 0.3) is 0 Å². The molecule has 0 saturated carbocycles. The summed E-state index contributed by atoms with van der Waals surface area (Å²) in [4.78, 5) is 27.4. The van der Waals surface area contributed by atoms with E-state index in [2.05, 4.69) is 0 Å². The number of nitrogens with zero attached hydrogens (tertiary/aromatic N) is 2. The number of hydrogen-bond donors (Lipinski definition) is 1. The van der Waals surface area contributed by atoms with Crippen molar-refractivity contribution in [2.75, 3.05) is 32.6 Å². The normalized spacial score (nSPS) is 20.9. The summed E-state index contributed by atoms with van der Waals surface area (Å²) in [5.74, 6) is 0.784. The zero-order valence-electron chi connectivity index (χ0n) is 11.4. The molecule has 2 atom stereocenters. The molecular weight excluding hydrogens is 250 g/mol. The van der Waals surface area contributed by atoms with Crippen LogP contribution in [0.2, 0.25) is 0 Å². The highest BCUT2D eigenvalue weighted by Gasteiger charge is 2.36. The van der Waals surface area contributed by atoms with E-state index in [0.29, 0.717) is 13.0 Å². The SMILES string of the molecule is CSCC[C@H](N)C(=O)N1CCCC1C(=O)N(C)C. The highest BCUT2D eigenvalue weighted by molar-refractivity contribution is 7.98. The summed E-state index contributed by atoms with van der Waals surface area (Å²) in [6.45, 7) is 0.649. The van der Waals surface area contributed by atoms with Gasteiger partial charge >= 0.3 is 0 Å². The van der Waals surface area contributed by atoms with Gasteiger partial charge in [0.2, 0.25) is 11.8 Å². The first-order valence-corrected chi connectivity index (χ1v) is 7.64. The van der Waals surface area contributed by atoms with Crippen LogP contribution < -0.4 is 5.73 Å². The number of nitrogens with two attached hydrogens (primary N) is 1. The maximum absolute atomic E-state index is 12.2. The monoisotopic (exact) mass is 273 g/mol. The second-order valence-corrected chi connectivity index (χ2v) is 5.80. The molecule has 1 unspecified atom stereocenters. The lowest BCUT2D eigenvalue weighted by atomic mass is 10.1. The van der Waals surface area contributed by atoms with Crippen molar-refractivity contribution < 1.29 is 9.59 Å². The van der Waals surface area contributed by atoms with Crippen LogP contribution >= 0.6 is 11.8 Å². The number of thioether (sulfide) groups is 1. The van der Waals surface area contributed by atoms with Gasteiger partial charge in [0.1, 0.15) is 6.04 Å². The van der Waals surface area contributed by atoms with Crippen molar-refractivity contribution in [1.29, 1.82) is 0 Å². The number of likely N-dealkylation sites (tertiary alicyclic amines) is 1. The van der Waals surface area contributed by atoms with Crippen LogP contribution in [0.5, 0.6) is 0 Å². The van der Waals surface area contributed by atoms with E-state index >= 15 is 0 Å². The number of carbonyl (C=O) groups is 2. The smallest absolute Gasteiger partial charge is 0.244 e. The molecule has 18 heavy (non-hydrogen) atoms. The molecule has 0 aromatic carbocycles. The fourth-order valence-corrected chi connectivity index (χ4v) is 2.66. The van der Waals surface area contributed by atoms with Gasteiger partial charge in [-0.1, -0.05) is 0 Å². The first-order chi connectivity index (χ1) is 8.49. The topological polar surface area (TPSA) is 66.6 Å². The van der Waals surface area contributed by atoms with E-state index in [1.54, 1.807) is 35.7 Å². The van der Waals surface area contributed by atoms with E-state index in [1.165, 1.54) is 0 Å². The summed E-state index contributed by atoms with van der Waals surface area (Å²) in [7, 11) is 3.44. The Morgan fingerprint density at radius 3 is 2.72 bits per heavy atom. The zero-order valence-corrected chi connectivity index (χ0v) is 12.2. The fraction of sp³-hybridized carbons (Fsp3) is 0.833. The third kappa shape index (κ3) is 3.62. The Kier molecular flexibility index (Phi) is 5.95. The molecule has 0 aliphatic carbocycles. The Hall–Kier alpha value is -0.750. The van der Waals surface area contributed by atoms with Gasteiger partial charge < -0.3 is 15.5 Å². The number of amides is 2. The summed E-state index contributed by atoms with van der Waals surface area (Å²) in [6, 6.07) is -0.791. The molecule has 1 saturated heterocycles. The minimum absolute atomic E-state index is 0.00193. The molecule has 0 spiro atoms. The number of likely N-dealkylation sites (N-methyl/N-ethyl adjacent to an activating group) is 1. The Morgan fingerprint density at radius 2 is 2.17 bits per heavy atom. The molecule has 2 N–H and O–H groups in total. The molecule has 0 aromatic rings. The second-order valence-electron chi connectivity index (χ2n) is 4.81. The molecule has 0 bridgehead atoms. The summed E-state index contributed by atoms with van der Waals surface area (Å²) in [5, 5.41) is 0. The van der Waals surface area contributed by atoms with Gasteiger partial charge in [-0.15, -0.1) is 0 Å². The summed E-state index contributed by atoms with van der Waals surface area (Å²) in [5.41, 5.74) is 5.89. The molecule has 0 aromatic heterocycles. The van der Waals surface area contributed by atoms with E-state index in [0.717, 1.165) is 18.6 Å². The lowest BCUT2D eigenvalue weighted by Crippen LogP contribution is -2.51. The van der Waals surface area contributed by atoms with Crippen molar-refractivity contribution in [2.45, 2.75) is 31.3 Å². The van der Waals surface area contributed by atoms with Crippen LogP contribution in [0.15, 0.2) is 0 Å². The van der Waals surface area contributed by atoms with Gasteiger partial charge in [0, 0.05) is 20.6 Å². The van der Waals surface area contributed by atoms with Gasteiger partial charge in [-0.3, -0.25) is 9.59 Å². The summed E-state index contributed by atoms with van der Waals surface area (Å²) < 4.78 is 0. The van der Waals surface area contributed by atoms with Gasteiger partial charge in [0.05, 0.1) is 6.04 Å². The average Bonchev–Trinajstić information content (AvgIpc) is 2.82. The molecule has 1 aliphatic rings. The quantitative estimate of drug-likeness (QED) is 0.774. The van der Waals surface area contributed by atoms with Gasteiger partial charge in [-0.2, -0.15) is 11.8 Å². The highest BCUT2D eigenvalue weighted by Crippen LogP contribution is 2.20. The third-order valence-electron chi connectivity index (χ3n) is 3.21. The molecular formula is C12H23N3O2S. The van der Waals surface area contributed by atoms with Crippen molar-refractivity contribution in [2.24, 2.45) is 5.73 Å². The molecule has 1 rings (SSSR count). The van der Waals surface area contributed by atoms with Crippen molar-refractivity contribution >= 4 is 23.6 Å². The van der Waals surface area contributed by atoms with Crippen LogP contribution in [0, 0.1) is 0 Å². The molecule has 1 heterocycles. The van der Waals surface area contributed by atoms with Crippen LogP contribution in [0.3, 0.4) is 0 Å². The summed E-state index contributed by atoms with van der Waals surface area (Å²) in [6.07, 6.45) is 4.29. The number of rotatable bonds is 5. The molecule has 6 heteroatoms. The minimum atomic E-state index is -0.479. The lowest BCUT2D eigenvalue weighted by Gasteiger charge is -2.28. The largest absolute Gasteiger partial charge is 0.347 e. The van der Waals surface area contributed by atoms with Gasteiger partial charge in [-0.25, -0.2) is 0 Å².